The number of amides is 1. The van der Waals surface area contributed by atoms with E-state index in [9.17, 15) is 23.3 Å². The average molecular weight is 393 g/mol. The maximum absolute atomic E-state index is 12.2. The van der Waals surface area contributed by atoms with Crippen LogP contribution in [0.25, 0.3) is 0 Å². The Bertz CT molecular complexity index is 707. The van der Waals surface area contributed by atoms with Crippen LogP contribution < -0.4 is 15.4 Å². The highest BCUT2D eigenvalue weighted by molar-refractivity contribution is 7.89. The van der Waals surface area contributed by atoms with E-state index < -0.39 is 25.5 Å². The van der Waals surface area contributed by atoms with Gasteiger partial charge in [0.25, 0.3) is 5.69 Å². The van der Waals surface area contributed by atoms with Gasteiger partial charge in [0.1, 0.15) is 0 Å². The molecule has 1 fully saturated rings. The molecule has 1 aromatic rings. The van der Waals surface area contributed by atoms with Crippen molar-refractivity contribution in [1.82, 2.24) is 15.4 Å². The van der Waals surface area contributed by atoms with Crippen molar-refractivity contribution in [2.24, 2.45) is 5.92 Å². The minimum Gasteiger partial charge on any atom is -0.355 e. The fourth-order valence-electron chi connectivity index (χ4n) is 2.50. The van der Waals surface area contributed by atoms with E-state index in [2.05, 4.69) is 15.4 Å². The monoisotopic (exact) mass is 392 g/mol. The predicted molar refractivity (Wildman–Crippen MR) is 94.1 cm³/mol. The molecule has 0 aromatic heterocycles. The van der Waals surface area contributed by atoms with Gasteiger partial charge in [-0.15, -0.1) is 12.4 Å². The first-order valence-electron chi connectivity index (χ1n) is 7.63. The maximum Gasteiger partial charge on any atom is 0.289 e. The highest BCUT2D eigenvalue weighted by Gasteiger charge is 2.25. The van der Waals surface area contributed by atoms with Crippen molar-refractivity contribution in [3.05, 3.63) is 34.4 Å². The van der Waals surface area contributed by atoms with Gasteiger partial charge >= 0.3 is 0 Å². The third-order valence-electron chi connectivity index (χ3n) is 3.74. The van der Waals surface area contributed by atoms with Crippen LogP contribution in [0.5, 0.6) is 0 Å². The Labute approximate surface area is 152 Å². The number of nitro benzene ring substituents is 1. The van der Waals surface area contributed by atoms with Gasteiger partial charge in [0.2, 0.25) is 15.9 Å². The topological polar surface area (TPSA) is 130 Å². The molecule has 1 amide bonds. The van der Waals surface area contributed by atoms with Gasteiger partial charge in [0.05, 0.1) is 10.8 Å². The summed E-state index contributed by atoms with van der Waals surface area (Å²) in [6, 6.07) is 5.12. The first-order chi connectivity index (χ1) is 11.4. The van der Waals surface area contributed by atoms with Gasteiger partial charge in [0, 0.05) is 25.7 Å². The van der Waals surface area contributed by atoms with Crippen molar-refractivity contribution >= 4 is 34.0 Å². The number of halogens is 1. The number of sulfonamides is 1. The lowest BCUT2D eigenvalue weighted by molar-refractivity contribution is -0.387. The Balaban J connectivity index is 0.00000312. The quantitative estimate of drug-likeness (QED) is 0.350. The zero-order chi connectivity index (χ0) is 17.6. The van der Waals surface area contributed by atoms with Crippen LogP contribution in [0.1, 0.15) is 12.8 Å². The van der Waals surface area contributed by atoms with Crippen LogP contribution in [-0.2, 0) is 14.8 Å². The van der Waals surface area contributed by atoms with Gasteiger partial charge in [-0.05, 0) is 25.5 Å². The Morgan fingerprint density at radius 2 is 2.04 bits per heavy atom. The summed E-state index contributed by atoms with van der Waals surface area (Å²) in [5, 5.41) is 16.7. The van der Waals surface area contributed by atoms with Gasteiger partial charge in [-0.2, -0.15) is 0 Å². The highest BCUT2D eigenvalue weighted by atomic mass is 35.5. The van der Waals surface area contributed by atoms with Crippen molar-refractivity contribution in [3.63, 3.8) is 0 Å². The standard InChI is InChI=1S/C14H20N4O5S.ClH/c19-14(11-4-3-7-15-10-11)16-8-9-17-24(22,23)13-6-2-1-5-12(13)18(20)21;/h1-2,5-6,11,15,17H,3-4,7-10H2,(H,16,19);1H. The molecule has 1 unspecified atom stereocenters. The van der Waals surface area contributed by atoms with Gasteiger partial charge in [-0.25, -0.2) is 13.1 Å². The third kappa shape index (κ3) is 5.92. The fraction of sp³-hybridized carbons (Fsp3) is 0.500. The van der Waals surface area contributed by atoms with E-state index in [-0.39, 0.29) is 37.3 Å². The van der Waals surface area contributed by atoms with Gasteiger partial charge in [0.15, 0.2) is 4.90 Å². The fourth-order valence-corrected chi connectivity index (χ4v) is 3.71. The van der Waals surface area contributed by atoms with E-state index in [0.717, 1.165) is 25.5 Å². The minimum absolute atomic E-state index is 0. The van der Waals surface area contributed by atoms with E-state index in [1.807, 2.05) is 0 Å². The highest BCUT2D eigenvalue weighted by Crippen LogP contribution is 2.22. The van der Waals surface area contributed by atoms with E-state index in [4.69, 9.17) is 0 Å². The summed E-state index contributed by atoms with van der Waals surface area (Å²) in [5.74, 6) is -0.224. The van der Waals surface area contributed by atoms with Crippen molar-refractivity contribution in [1.29, 1.82) is 0 Å². The Kier molecular flexibility index (Phi) is 8.23. The molecule has 0 spiro atoms. The molecular weight excluding hydrogens is 372 g/mol. The maximum atomic E-state index is 12.2. The molecule has 0 radical (unpaired) electrons. The summed E-state index contributed by atoms with van der Waals surface area (Å²) in [7, 11) is -4.01. The van der Waals surface area contributed by atoms with E-state index >= 15 is 0 Å². The molecule has 140 valence electrons. The Morgan fingerprint density at radius 3 is 2.68 bits per heavy atom. The SMILES string of the molecule is Cl.O=C(NCCNS(=O)(=O)c1ccccc1[N+](=O)[O-])C1CCCNC1. The van der Waals surface area contributed by atoms with Gasteiger partial charge in [-0.3, -0.25) is 14.9 Å². The zero-order valence-corrected chi connectivity index (χ0v) is 15.1. The van der Waals surface area contributed by atoms with Crippen molar-refractivity contribution < 1.29 is 18.1 Å². The Hall–Kier alpha value is -1.75. The second-order valence-corrected chi connectivity index (χ2v) is 7.19. The second kappa shape index (κ2) is 9.66. The summed E-state index contributed by atoms with van der Waals surface area (Å²) in [6.45, 7) is 1.60. The largest absolute Gasteiger partial charge is 0.355 e. The molecule has 0 bridgehead atoms. The van der Waals surface area contributed by atoms with Crippen LogP contribution in [0, 0.1) is 16.0 Å². The molecule has 11 heteroatoms. The molecule has 1 saturated heterocycles. The smallest absolute Gasteiger partial charge is 0.289 e. The summed E-state index contributed by atoms with van der Waals surface area (Å²) >= 11 is 0. The summed E-state index contributed by atoms with van der Waals surface area (Å²) < 4.78 is 26.6. The molecule has 1 aromatic carbocycles. The molecule has 1 aliphatic heterocycles. The van der Waals surface area contributed by atoms with Crippen LogP contribution in [-0.4, -0.2) is 45.4 Å². The molecule has 25 heavy (non-hydrogen) atoms. The van der Waals surface area contributed by atoms with Crippen molar-refractivity contribution in [2.75, 3.05) is 26.2 Å². The first kappa shape index (κ1) is 21.3. The normalized spacial score (nSPS) is 17.4. The van der Waals surface area contributed by atoms with Crippen LogP contribution in [0.3, 0.4) is 0 Å². The number of nitrogens with one attached hydrogen (secondary N) is 3. The first-order valence-corrected chi connectivity index (χ1v) is 9.11. The molecule has 1 heterocycles. The van der Waals surface area contributed by atoms with Crippen molar-refractivity contribution in [2.45, 2.75) is 17.7 Å². The summed E-state index contributed by atoms with van der Waals surface area (Å²) in [5.41, 5.74) is -0.484. The van der Waals surface area contributed by atoms with E-state index in [1.165, 1.54) is 18.2 Å². The second-order valence-electron chi connectivity index (χ2n) is 5.46. The third-order valence-corrected chi connectivity index (χ3v) is 5.24. The van der Waals surface area contributed by atoms with Crippen LogP contribution >= 0.6 is 12.4 Å². The summed E-state index contributed by atoms with van der Waals surface area (Å²) in [6.07, 6.45) is 1.74. The number of carbonyl (C=O) groups excluding carboxylic acids is 1. The number of para-hydroxylation sites is 1. The number of hydrogen-bond donors (Lipinski definition) is 3. The minimum atomic E-state index is -4.01. The van der Waals surface area contributed by atoms with Crippen LogP contribution in [0.2, 0.25) is 0 Å². The van der Waals surface area contributed by atoms with Crippen molar-refractivity contribution in [3.8, 4) is 0 Å². The zero-order valence-electron chi connectivity index (χ0n) is 13.4. The van der Waals surface area contributed by atoms with Crippen LogP contribution in [0.15, 0.2) is 29.2 Å². The number of rotatable bonds is 7. The molecule has 0 aliphatic carbocycles. The predicted octanol–water partition coefficient (Wildman–Crippen LogP) is 0.411. The molecule has 3 N–H and O–H groups in total. The average Bonchev–Trinajstić information content (AvgIpc) is 2.59. The summed E-state index contributed by atoms with van der Waals surface area (Å²) in [4.78, 5) is 21.7. The lowest BCUT2D eigenvalue weighted by Gasteiger charge is -2.21. The lowest BCUT2D eigenvalue weighted by atomic mass is 9.99. The van der Waals surface area contributed by atoms with E-state index in [0.29, 0.717) is 6.54 Å². The molecule has 2 rings (SSSR count). The molecule has 9 nitrogen and oxygen atoms in total. The number of nitrogens with zero attached hydrogens (tertiary/aromatic N) is 1. The number of carbonyl (C=O) groups is 1. The Morgan fingerprint density at radius 1 is 1.32 bits per heavy atom. The number of nitro groups is 1. The van der Waals surface area contributed by atoms with Crippen LogP contribution in [0.4, 0.5) is 5.69 Å². The van der Waals surface area contributed by atoms with E-state index in [1.54, 1.807) is 0 Å². The molecular formula is C14H21ClN4O5S. The molecule has 1 atom stereocenters. The van der Waals surface area contributed by atoms with Gasteiger partial charge < -0.3 is 10.6 Å². The number of piperidine rings is 1. The number of hydrogen-bond acceptors (Lipinski definition) is 6. The number of benzene rings is 1. The lowest BCUT2D eigenvalue weighted by Crippen LogP contribution is -2.42. The molecule has 0 saturated carbocycles. The van der Waals surface area contributed by atoms with Gasteiger partial charge in [-0.1, -0.05) is 12.1 Å². The molecule has 1 aliphatic rings.